The van der Waals surface area contributed by atoms with Gasteiger partial charge in [0, 0.05) is 0 Å². The Morgan fingerprint density at radius 3 is 1.14 bits per heavy atom. The van der Waals surface area contributed by atoms with Crippen LogP contribution in [0.3, 0.4) is 0 Å². The first-order valence-electron chi connectivity index (χ1n) is 8.41. The lowest BCUT2D eigenvalue weighted by atomic mass is 10.3. The molecular weight excluding hydrogens is 467 g/mol. The fourth-order valence-electron chi connectivity index (χ4n) is 1.61. The summed E-state index contributed by atoms with van der Waals surface area (Å²) < 4.78 is 26.2. The molecule has 29 heavy (non-hydrogen) atoms. The highest BCUT2D eigenvalue weighted by Crippen LogP contribution is 2.51. The number of carbonyl (C=O) groups is 3. The SMILES string of the molecule is CSCCC(O)C(=O)OP(=O)(OC(=O)C(O)CCSC)OC(=O)C(O)CCSC. The lowest BCUT2D eigenvalue weighted by Gasteiger charge is -2.20. The summed E-state index contributed by atoms with van der Waals surface area (Å²) in [6.07, 6.45) is -0.0318. The van der Waals surface area contributed by atoms with E-state index < -0.39 is 44.0 Å². The number of aliphatic hydroxyl groups is 3. The lowest BCUT2D eigenvalue weighted by Crippen LogP contribution is -2.29. The second-order valence-corrected chi connectivity index (χ2v) is 9.97. The first-order chi connectivity index (χ1) is 13.6. The predicted molar refractivity (Wildman–Crippen MR) is 113 cm³/mol. The van der Waals surface area contributed by atoms with Gasteiger partial charge in [0.2, 0.25) is 0 Å². The molecule has 0 saturated heterocycles. The first kappa shape index (κ1) is 28.6. The molecular formula is C15H27O10PS3. The highest BCUT2D eigenvalue weighted by molar-refractivity contribution is 7.98. The molecule has 170 valence electrons. The summed E-state index contributed by atoms with van der Waals surface area (Å²) >= 11 is 4.00. The van der Waals surface area contributed by atoms with Crippen LogP contribution in [0.5, 0.6) is 0 Å². The minimum atomic E-state index is -5.19. The van der Waals surface area contributed by atoms with Gasteiger partial charge in [0.05, 0.1) is 0 Å². The highest BCUT2D eigenvalue weighted by Gasteiger charge is 2.43. The summed E-state index contributed by atoms with van der Waals surface area (Å²) in [5.74, 6) is -3.16. The van der Waals surface area contributed by atoms with E-state index in [0.29, 0.717) is 17.3 Å². The molecule has 0 rings (SSSR count). The van der Waals surface area contributed by atoms with Gasteiger partial charge in [0.1, 0.15) is 0 Å². The molecule has 0 aromatic rings. The van der Waals surface area contributed by atoms with Crippen LogP contribution >= 0.6 is 43.1 Å². The largest absolute Gasteiger partial charge is 0.654 e. The number of aliphatic hydroxyl groups excluding tert-OH is 3. The van der Waals surface area contributed by atoms with E-state index in [0.717, 1.165) is 0 Å². The molecule has 3 atom stereocenters. The van der Waals surface area contributed by atoms with Crippen molar-refractivity contribution in [1.82, 2.24) is 0 Å². The van der Waals surface area contributed by atoms with Crippen molar-refractivity contribution >= 4 is 61.0 Å². The molecule has 0 aromatic heterocycles. The standard InChI is InChI=1S/C15H27O10PS3/c1-27-7-4-10(16)13(19)23-26(22,24-14(20)11(17)5-8-28-2)25-15(21)12(18)6-9-29-3/h10-12,16-18H,4-9H2,1-3H3. The summed E-state index contributed by atoms with van der Waals surface area (Å²) in [6.45, 7) is 0. The van der Waals surface area contributed by atoms with Crippen molar-refractivity contribution in [3.05, 3.63) is 0 Å². The molecule has 3 N–H and O–H groups in total. The van der Waals surface area contributed by atoms with Crippen molar-refractivity contribution in [1.29, 1.82) is 0 Å². The number of carbonyl (C=O) groups excluding carboxylic acids is 3. The molecule has 0 aliphatic heterocycles. The maximum atomic E-state index is 12.7. The topological polar surface area (TPSA) is 157 Å². The van der Waals surface area contributed by atoms with Crippen LogP contribution in [0.4, 0.5) is 0 Å². The summed E-state index contributed by atoms with van der Waals surface area (Å²) in [7, 11) is -5.19. The Morgan fingerprint density at radius 1 is 0.690 bits per heavy atom. The zero-order chi connectivity index (χ0) is 22.4. The third-order valence-electron chi connectivity index (χ3n) is 3.21. The van der Waals surface area contributed by atoms with Crippen molar-refractivity contribution < 1.29 is 47.8 Å². The van der Waals surface area contributed by atoms with Gasteiger partial charge < -0.3 is 28.9 Å². The fourth-order valence-corrected chi connectivity index (χ4v) is 4.13. The summed E-state index contributed by atoms with van der Waals surface area (Å²) in [4.78, 5) is 35.8. The number of phosphoric acid groups is 1. The van der Waals surface area contributed by atoms with E-state index in [1.807, 2.05) is 0 Å². The molecule has 14 heteroatoms. The molecule has 0 bridgehead atoms. The van der Waals surface area contributed by atoms with Gasteiger partial charge in [-0.25, -0.2) is 14.4 Å². The lowest BCUT2D eigenvalue weighted by molar-refractivity contribution is -0.155. The minimum absolute atomic E-state index is 0.0470. The number of hydrogen-bond acceptors (Lipinski definition) is 13. The van der Waals surface area contributed by atoms with Crippen molar-refractivity contribution in [3.8, 4) is 0 Å². The van der Waals surface area contributed by atoms with Gasteiger partial charge in [-0.15, -0.1) is 0 Å². The van der Waals surface area contributed by atoms with E-state index >= 15 is 0 Å². The summed E-state index contributed by atoms with van der Waals surface area (Å²) in [6, 6.07) is 0. The van der Waals surface area contributed by atoms with Crippen LogP contribution in [0.25, 0.3) is 0 Å². The molecule has 10 nitrogen and oxygen atoms in total. The second-order valence-electron chi connectivity index (χ2n) is 5.57. The smallest absolute Gasteiger partial charge is 0.381 e. The van der Waals surface area contributed by atoms with E-state index in [-0.39, 0.29) is 19.3 Å². The van der Waals surface area contributed by atoms with Crippen molar-refractivity contribution in [2.75, 3.05) is 36.0 Å². The molecule has 0 amide bonds. The number of rotatable bonds is 15. The highest BCUT2D eigenvalue weighted by atomic mass is 32.2. The molecule has 0 aliphatic rings. The Hall–Kier alpha value is -0.430. The molecule has 3 unspecified atom stereocenters. The average Bonchev–Trinajstić information content (AvgIpc) is 2.67. The zero-order valence-electron chi connectivity index (χ0n) is 16.3. The Kier molecular flexibility index (Phi) is 15.2. The van der Waals surface area contributed by atoms with Crippen LogP contribution in [0, 0.1) is 0 Å². The molecule has 0 aromatic carbocycles. The molecule has 0 spiro atoms. The minimum Gasteiger partial charge on any atom is -0.381 e. The molecule has 0 heterocycles. The van der Waals surface area contributed by atoms with Crippen molar-refractivity contribution in [3.63, 3.8) is 0 Å². The van der Waals surface area contributed by atoms with E-state index in [1.165, 1.54) is 35.3 Å². The quantitative estimate of drug-likeness (QED) is 0.278. The van der Waals surface area contributed by atoms with Crippen molar-refractivity contribution in [2.24, 2.45) is 0 Å². The molecule has 0 fully saturated rings. The average molecular weight is 495 g/mol. The summed E-state index contributed by atoms with van der Waals surface area (Å²) in [5.41, 5.74) is 0. The van der Waals surface area contributed by atoms with E-state index in [9.17, 15) is 34.3 Å². The van der Waals surface area contributed by atoms with Crippen LogP contribution in [-0.4, -0.2) is 87.6 Å². The van der Waals surface area contributed by atoms with Gasteiger partial charge in [0.25, 0.3) is 0 Å². The van der Waals surface area contributed by atoms with E-state index in [1.54, 1.807) is 18.8 Å². The Bertz CT molecular complexity index is 500. The van der Waals surface area contributed by atoms with Gasteiger partial charge in [0.15, 0.2) is 18.3 Å². The number of hydrogen-bond donors (Lipinski definition) is 3. The van der Waals surface area contributed by atoms with E-state index in [2.05, 4.69) is 13.6 Å². The first-order valence-corrected chi connectivity index (χ1v) is 14.1. The predicted octanol–water partition coefficient (Wildman–Crippen LogP) is 1.07. The molecule has 0 radical (unpaired) electrons. The van der Waals surface area contributed by atoms with Gasteiger partial charge in [-0.3, -0.25) is 0 Å². The third kappa shape index (κ3) is 12.1. The van der Waals surface area contributed by atoms with Gasteiger partial charge >= 0.3 is 25.7 Å². The zero-order valence-corrected chi connectivity index (χ0v) is 19.7. The number of phosphoric ester groups is 1. The van der Waals surface area contributed by atoms with E-state index in [4.69, 9.17) is 0 Å². The number of thioether (sulfide) groups is 3. The maximum absolute atomic E-state index is 12.7. The molecule has 0 saturated carbocycles. The molecule has 0 aliphatic carbocycles. The van der Waals surface area contributed by atoms with Crippen LogP contribution in [-0.2, 0) is 32.5 Å². The van der Waals surface area contributed by atoms with Crippen LogP contribution in [0.1, 0.15) is 19.3 Å². The monoisotopic (exact) mass is 494 g/mol. The normalized spacial score (nSPS) is 16.2. The van der Waals surface area contributed by atoms with Gasteiger partial charge in [-0.1, -0.05) is 0 Å². The maximum Gasteiger partial charge on any atom is 0.654 e. The van der Waals surface area contributed by atoms with Crippen LogP contribution in [0.15, 0.2) is 0 Å². The fraction of sp³-hybridized carbons (Fsp3) is 0.800. The Morgan fingerprint density at radius 2 is 0.931 bits per heavy atom. The Balaban J connectivity index is 5.29. The summed E-state index contributed by atoms with van der Waals surface area (Å²) in [5, 5.41) is 29.2. The second kappa shape index (κ2) is 15.4. The van der Waals surface area contributed by atoms with Gasteiger partial charge in [-0.05, 0) is 55.3 Å². The van der Waals surface area contributed by atoms with Crippen LogP contribution < -0.4 is 0 Å². The van der Waals surface area contributed by atoms with Crippen LogP contribution in [0.2, 0.25) is 0 Å². The Labute approximate surface area is 182 Å². The third-order valence-corrected chi connectivity index (χ3v) is 6.35. The van der Waals surface area contributed by atoms with Crippen molar-refractivity contribution in [2.45, 2.75) is 37.6 Å². The van der Waals surface area contributed by atoms with Gasteiger partial charge in [-0.2, -0.15) is 39.9 Å².